The summed E-state index contributed by atoms with van der Waals surface area (Å²) in [5, 5.41) is 1.30. The Balaban J connectivity index is 2.24. The minimum atomic E-state index is -3.46. The van der Waals surface area contributed by atoms with E-state index in [4.69, 9.17) is 4.42 Å². The fourth-order valence-electron chi connectivity index (χ4n) is 3.16. The number of aryl methyl sites for hydroxylation is 1. The predicted octanol–water partition coefficient (Wildman–Crippen LogP) is 2.93. The van der Waals surface area contributed by atoms with Gasteiger partial charge in [0, 0.05) is 12.0 Å². The maximum Gasteiger partial charge on any atom is 0.238 e. The van der Waals surface area contributed by atoms with Crippen molar-refractivity contribution in [2.24, 2.45) is 5.41 Å². The van der Waals surface area contributed by atoms with Crippen molar-refractivity contribution < 1.29 is 17.6 Å². The average molecular weight is 341 g/mol. The molecule has 0 bridgehead atoms. The molecule has 2 unspecified atom stereocenters. The molecule has 5 nitrogen and oxygen atoms in total. The van der Waals surface area contributed by atoms with Gasteiger partial charge in [-0.25, -0.2) is 8.42 Å². The largest absolute Gasteiger partial charge is 0.466 e. The van der Waals surface area contributed by atoms with Crippen molar-refractivity contribution in [3.63, 3.8) is 0 Å². The lowest BCUT2D eigenvalue weighted by molar-refractivity contribution is -0.121. The number of carbonyl (C=O) groups excluding carboxylic acids is 1. The minimum Gasteiger partial charge on any atom is -0.466 e. The SMILES string of the molecule is Cc1cc2c(o1)CC(C)(C)CC2NC(=O)C(C)S(=O)(=O)C(C)C. The lowest BCUT2D eigenvalue weighted by Crippen LogP contribution is -2.44. The van der Waals surface area contributed by atoms with Gasteiger partial charge >= 0.3 is 0 Å². The smallest absolute Gasteiger partial charge is 0.238 e. The second-order valence-corrected chi connectivity index (χ2v) is 10.4. The van der Waals surface area contributed by atoms with Gasteiger partial charge in [-0.1, -0.05) is 13.8 Å². The third kappa shape index (κ3) is 3.62. The summed E-state index contributed by atoms with van der Waals surface area (Å²) >= 11 is 0. The van der Waals surface area contributed by atoms with Crippen LogP contribution in [0.1, 0.15) is 64.2 Å². The number of hydrogen-bond donors (Lipinski definition) is 1. The maximum absolute atomic E-state index is 12.5. The molecule has 0 spiro atoms. The molecular weight excluding hydrogens is 314 g/mol. The summed E-state index contributed by atoms with van der Waals surface area (Å²) in [6.07, 6.45) is 1.58. The zero-order valence-corrected chi connectivity index (χ0v) is 15.6. The third-order valence-electron chi connectivity index (χ3n) is 4.57. The molecule has 1 aromatic heterocycles. The molecule has 0 saturated heterocycles. The molecule has 6 heteroatoms. The van der Waals surface area contributed by atoms with Crippen molar-refractivity contribution in [1.82, 2.24) is 5.32 Å². The summed E-state index contributed by atoms with van der Waals surface area (Å²) in [7, 11) is -3.46. The molecule has 0 aromatic carbocycles. The van der Waals surface area contributed by atoms with Crippen LogP contribution >= 0.6 is 0 Å². The van der Waals surface area contributed by atoms with E-state index in [0.29, 0.717) is 0 Å². The van der Waals surface area contributed by atoms with Gasteiger partial charge in [-0.05, 0) is 45.6 Å². The van der Waals surface area contributed by atoms with Gasteiger partial charge in [0.1, 0.15) is 16.8 Å². The highest BCUT2D eigenvalue weighted by Crippen LogP contribution is 2.42. The molecule has 23 heavy (non-hydrogen) atoms. The average Bonchev–Trinajstić information content (AvgIpc) is 2.76. The zero-order valence-electron chi connectivity index (χ0n) is 14.8. The van der Waals surface area contributed by atoms with E-state index in [1.165, 1.54) is 6.92 Å². The lowest BCUT2D eigenvalue weighted by atomic mass is 9.74. The van der Waals surface area contributed by atoms with Crippen molar-refractivity contribution in [1.29, 1.82) is 0 Å². The molecule has 0 saturated carbocycles. The molecule has 0 fully saturated rings. The van der Waals surface area contributed by atoms with Crippen LogP contribution < -0.4 is 5.32 Å². The van der Waals surface area contributed by atoms with E-state index >= 15 is 0 Å². The van der Waals surface area contributed by atoms with Crippen molar-refractivity contribution in [3.8, 4) is 0 Å². The van der Waals surface area contributed by atoms with E-state index in [1.54, 1.807) is 13.8 Å². The fraction of sp³-hybridized carbons (Fsp3) is 0.706. The second-order valence-electron chi connectivity index (χ2n) is 7.62. The number of hydrogen-bond acceptors (Lipinski definition) is 4. The first kappa shape index (κ1) is 18.0. The normalized spacial score (nSPS) is 21.8. The molecule has 1 heterocycles. The molecule has 0 aliphatic heterocycles. The minimum absolute atomic E-state index is 0.00456. The van der Waals surface area contributed by atoms with Crippen LogP contribution in [0, 0.1) is 12.3 Å². The van der Waals surface area contributed by atoms with E-state index in [1.807, 2.05) is 13.0 Å². The summed E-state index contributed by atoms with van der Waals surface area (Å²) < 4.78 is 30.2. The molecule has 1 amide bonds. The summed E-state index contributed by atoms with van der Waals surface area (Å²) in [4.78, 5) is 12.5. The highest BCUT2D eigenvalue weighted by atomic mass is 32.2. The Labute approximate surface area is 138 Å². The molecule has 0 radical (unpaired) electrons. The van der Waals surface area contributed by atoms with Crippen molar-refractivity contribution >= 4 is 15.7 Å². The van der Waals surface area contributed by atoms with Gasteiger partial charge in [0.25, 0.3) is 0 Å². The Kier molecular flexibility index (Phi) is 4.68. The number of rotatable bonds is 4. The predicted molar refractivity (Wildman–Crippen MR) is 89.9 cm³/mol. The van der Waals surface area contributed by atoms with E-state index in [9.17, 15) is 13.2 Å². The molecule has 2 rings (SSSR count). The van der Waals surface area contributed by atoms with Crippen LogP contribution in [0.3, 0.4) is 0 Å². The Morgan fingerprint density at radius 2 is 1.96 bits per heavy atom. The number of furan rings is 1. The molecule has 2 atom stereocenters. The zero-order chi connectivity index (χ0) is 17.6. The van der Waals surface area contributed by atoms with E-state index < -0.39 is 26.2 Å². The maximum atomic E-state index is 12.5. The van der Waals surface area contributed by atoms with Gasteiger partial charge in [0.2, 0.25) is 5.91 Å². The first-order chi connectivity index (χ1) is 10.4. The number of fused-ring (bicyclic) bond motifs is 1. The second kappa shape index (κ2) is 5.96. The van der Waals surface area contributed by atoms with Gasteiger partial charge < -0.3 is 9.73 Å². The Morgan fingerprint density at radius 3 is 2.52 bits per heavy atom. The summed E-state index contributed by atoms with van der Waals surface area (Å²) in [6, 6.07) is 1.74. The van der Waals surface area contributed by atoms with Crippen LogP contribution in [0.5, 0.6) is 0 Å². The summed E-state index contributed by atoms with van der Waals surface area (Å²) in [5.74, 6) is 1.27. The van der Waals surface area contributed by atoms with Crippen molar-refractivity contribution in [3.05, 3.63) is 23.2 Å². The molecule has 1 aromatic rings. The van der Waals surface area contributed by atoms with Crippen LogP contribution in [0.4, 0.5) is 0 Å². The molecule has 1 aliphatic rings. The highest BCUT2D eigenvalue weighted by Gasteiger charge is 2.38. The molecule has 1 N–H and O–H groups in total. The van der Waals surface area contributed by atoms with Gasteiger partial charge in [-0.2, -0.15) is 0 Å². The first-order valence-corrected chi connectivity index (χ1v) is 9.67. The monoisotopic (exact) mass is 341 g/mol. The number of sulfone groups is 1. The lowest BCUT2D eigenvalue weighted by Gasteiger charge is -2.35. The van der Waals surface area contributed by atoms with Gasteiger partial charge in [-0.3, -0.25) is 4.79 Å². The topological polar surface area (TPSA) is 76.4 Å². The molecular formula is C17H27NO4S. The standard InChI is InChI=1S/C17H27NO4S/c1-10(2)23(20,21)12(4)16(19)18-14-8-17(5,6)9-15-13(14)7-11(3)22-15/h7,10,12,14H,8-9H2,1-6H3,(H,18,19). The Hall–Kier alpha value is -1.30. The summed E-state index contributed by atoms with van der Waals surface area (Å²) in [6.45, 7) is 10.8. The quantitative estimate of drug-likeness (QED) is 0.913. The van der Waals surface area contributed by atoms with Crippen molar-refractivity contribution in [2.75, 3.05) is 0 Å². The van der Waals surface area contributed by atoms with Crippen LogP contribution in [-0.2, 0) is 21.1 Å². The number of nitrogens with one attached hydrogen (secondary N) is 1. The van der Waals surface area contributed by atoms with Gasteiger partial charge in [-0.15, -0.1) is 0 Å². The van der Waals surface area contributed by atoms with Crippen LogP contribution in [0.25, 0.3) is 0 Å². The van der Waals surface area contributed by atoms with E-state index in [2.05, 4.69) is 19.2 Å². The number of amides is 1. The van der Waals surface area contributed by atoms with E-state index in [-0.39, 0.29) is 11.5 Å². The van der Waals surface area contributed by atoms with E-state index in [0.717, 1.165) is 29.9 Å². The first-order valence-electron chi connectivity index (χ1n) is 8.06. The van der Waals surface area contributed by atoms with Crippen LogP contribution in [-0.4, -0.2) is 24.8 Å². The van der Waals surface area contributed by atoms with Crippen LogP contribution in [0.2, 0.25) is 0 Å². The van der Waals surface area contributed by atoms with Crippen molar-refractivity contribution in [2.45, 2.75) is 70.9 Å². The molecule has 1 aliphatic carbocycles. The van der Waals surface area contributed by atoms with Gasteiger partial charge in [0.05, 0.1) is 11.3 Å². The molecule has 130 valence electrons. The Morgan fingerprint density at radius 1 is 1.35 bits per heavy atom. The third-order valence-corrected chi connectivity index (χ3v) is 7.09. The van der Waals surface area contributed by atoms with Crippen LogP contribution in [0.15, 0.2) is 10.5 Å². The highest BCUT2D eigenvalue weighted by molar-refractivity contribution is 7.93. The fourth-order valence-corrected chi connectivity index (χ4v) is 4.34. The Bertz CT molecular complexity index is 700. The summed E-state index contributed by atoms with van der Waals surface area (Å²) in [5.41, 5.74) is 0.972. The van der Waals surface area contributed by atoms with Gasteiger partial charge in [0.15, 0.2) is 9.84 Å². The number of carbonyl (C=O) groups is 1.